The molecular weight excluding hydrogens is 230 g/mol. The topological polar surface area (TPSA) is 72.5 Å². The van der Waals surface area contributed by atoms with Crippen LogP contribution in [0.2, 0.25) is 0 Å². The van der Waals surface area contributed by atoms with Gasteiger partial charge in [0, 0.05) is 6.54 Å². The van der Waals surface area contributed by atoms with Gasteiger partial charge in [-0.25, -0.2) is 0 Å². The van der Waals surface area contributed by atoms with Crippen LogP contribution >= 0.6 is 12.4 Å². The van der Waals surface area contributed by atoms with Crippen LogP contribution in [-0.4, -0.2) is 24.7 Å². The number of carboxylic acids is 1. The highest BCUT2D eigenvalue weighted by Gasteiger charge is 2.17. The fourth-order valence-electron chi connectivity index (χ4n) is 1.41. The van der Waals surface area contributed by atoms with Gasteiger partial charge in [0.15, 0.2) is 0 Å². The molecule has 1 atom stereocenters. The summed E-state index contributed by atoms with van der Waals surface area (Å²) in [5.74, 6) is -0.720. The van der Waals surface area contributed by atoms with Gasteiger partial charge in [0.05, 0.1) is 13.0 Å². The Balaban J connectivity index is 0.00000225. The van der Waals surface area contributed by atoms with Crippen LogP contribution in [0.5, 0.6) is 5.75 Å². The average Bonchev–Trinajstić information content (AvgIpc) is 2.25. The maximum atomic E-state index is 10.8. The van der Waals surface area contributed by atoms with E-state index in [0.717, 1.165) is 5.56 Å². The van der Waals surface area contributed by atoms with Gasteiger partial charge in [-0.2, -0.15) is 0 Å². The van der Waals surface area contributed by atoms with E-state index < -0.39 is 11.9 Å². The minimum absolute atomic E-state index is 0. The number of benzene rings is 1. The third kappa shape index (κ3) is 3.72. The lowest BCUT2D eigenvalue weighted by atomic mass is 9.99. The lowest BCUT2D eigenvalue weighted by Gasteiger charge is -2.12. The number of methoxy groups -OCH3 is 1. The maximum Gasteiger partial charge on any atom is 0.308 e. The molecule has 16 heavy (non-hydrogen) atoms. The number of rotatable bonds is 5. The number of ether oxygens (including phenoxy) is 1. The lowest BCUT2D eigenvalue weighted by molar-refractivity contribution is -0.141. The largest absolute Gasteiger partial charge is 0.496 e. The molecule has 0 spiro atoms. The summed E-state index contributed by atoms with van der Waals surface area (Å²) in [6.07, 6.45) is 0.399. The Kier molecular flexibility index (Phi) is 6.53. The summed E-state index contributed by atoms with van der Waals surface area (Å²) in [6.45, 7) is 0.132. The fraction of sp³-hybridized carbons (Fsp3) is 0.364. The van der Waals surface area contributed by atoms with E-state index in [1.807, 2.05) is 24.3 Å². The Morgan fingerprint density at radius 3 is 2.62 bits per heavy atom. The van der Waals surface area contributed by atoms with Crippen LogP contribution in [-0.2, 0) is 11.2 Å². The van der Waals surface area contributed by atoms with E-state index in [4.69, 9.17) is 15.6 Å². The van der Waals surface area contributed by atoms with Gasteiger partial charge in [0.2, 0.25) is 0 Å². The fourth-order valence-corrected chi connectivity index (χ4v) is 1.41. The number of aliphatic carboxylic acids is 1. The van der Waals surface area contributed by atoms with Gasteiger partial charge in [-0.15, -0.1) is 12.4 Å². The smallest absolute Gasteiger partial charge is 0.308 e. The molecule has 3 N–H and O–H groups in total. The van der Waals surface area contributed by atoms with Crippen LogP contribution in [0, 0.1) is 5.92 Å². The number of halogens is 1. The Morgan fingerprint density at radius 2 is 2.12 bits per heavy atom. The van der Waals surface area contributed by atoms with E-state index in [-0.39, 0.29) is 19.0 Å². The molecule has 0 saturated heterocycles. The molecule has 0 aromatic heterocycles. The predicted molar refractivity (Wildman–Crippen MR) is 64.1 cm³/mol. The van der Waals surface area contributed by atoms with E-state index >= 15 is 0 Å². The number of para-hydroxylation sites is 1. The van der Waals surface area contributed by atoms with Crippen molar-refractivity contribution < 1.29 is 14.6 Å². The third-order valence-corrected chi connectivity index (χ3v) is 2.29. The molecule has 0 aliphatic heterocycles. The van der Waals surface area contributed by atoms with E-state index in [9.17, 15) is 4.79 Å². The SMILES string of the molecule is COc1ccccc1CC(CN)C(=O)O.Cl. The van der Waals surface area contributed by atoms with Crippen molar-refractivity contribution in [2.75, 3.05) is 13.7 Å². The summed E-state index contributed by atoms with van der Waals surface area (Å²) in [4.78, 5) is 10.8. The van der Waals surface area contributed by atoms with E-state index in [1.54, 1.807) is 7.11 Å². The first kappa shape index (κ1) is 14.7. The van der Waals surface area contributed by atoms with Crippen molar-refractivity contribution in [1.82, 2.24) is 0 Å². The van der Waals surface area contributed by atoms with Crippen molar-refractivity contribution >= 4 is 18.4 Å². The molecule has 0 radical (unpaired) electrons. The van der Waals surface area contributed by atoms with Gasteiger partial charge in [-0.05, 0) is 18.1 Å². The van der Waals surface area contributed by atoms with Crippen molar-refractivity contribution in [3.63, 3.8) is 0 Å². The molecule has 90 valence electrons. The highest BCUT2D eigenvalue weighted by molar-refractivity contribution is 5.85. The highest BCUT2D eigenvalue weighted by Crippen LogP contribution is 2.20. The Labute approximate surface area is 101 Å². The molecule has 0 aliphatic rings. The van der Waals surface area contributed by atoms with Gasteiger partial charge in [-0.3, -0.25) is 4.79 Å². The molecule has 5 heteroatoms. The second-order valence-electron chi connectivity index (χ2n) is 3.29. The van der Waals surface area contributed by atoms with Crippen LogP contribution in [0.15, 0.2) is 24.3 Å². The van der Waals surface area contributed by atoms with Crippen LogP contribution < -0.4 is 10.5 Å². The molecule has 1 aromatic carbocycles. The summed E-state index contributed by atoms with van der Waals surface area (Å²) in [5.41, 5.74) is 6.26. The molecule has 1 aromatic rings. The quantitative estimate of drug-likeness (QED) is 0.821. The summed E-state index contributed by atoms with van der Waals surface area (Å²) in [5, 5.41) is 8.88. The van der Waals surface area contributed by atoms with Gasteiger partial charge < -0.3 is 15.6 Å². The first-order valence-electron chi connectivity index (χ1n) is 4.73. The van der Waals surface area contributed by atoms with Crippen molar-refractivity contribution in [3.8, 4) is 5.75 Å². The number of carboxylic acid groups (broad SMARTS) is 1. The monoisotopic (exact) mass is 245 g/mol. The summed E-state index contributed by atoms with van der Waals surface area (Å²) in [7, 11) is 1.57. The van der Waals surface area contributed by atoms with E-state index in [2.05, 4.69) is 0 Å². The van der Waals surface area contributed by atoms with Gasteiger partial charge in [-0.1, -0.05) is 18.2 Å². The first-order chi connectivity index (χ1) is 7.19. The number of carbonyl (C=O) groups is 1. The Morgan fingerprint density at radius 1 is 1.50 bits per heavy atom. The Hall–Kier alpha value is -1.26. The molecule has 0 bridgehead atoms. The summed E-state index contributed by atoms with van der Waals surface area (Å²) < 4.78 is 5.14. The number of hydrogen-bond donors (Lipinski definition) is 2. The minimum atomic E-state index is -0.872. The zero-order valence-corrected chi connectivity index (χ0v) is 9.87. The summed E-state index contributed by atoms with van der Waals surface area (Å²) >= 11 is 0. The molecule has 1 unspecified atom stereocenters. The van der Waals surface area contributed by atoms with Crippen molar-refractivity contribution in [1.29, 1.82) is 0 Å². The zero-order valence-electron chi connectivity index (χ0n) is 9.05. The molecular formula is C11H16ClNO3. The second kappa shape index (κ2) is 7.09. The molecule has 1 rings (SSSR count). The molecule has 0 amide bonds. The van der Waals surface area contributed by atoms with Crippen LogP contribution in [0.3, 0.4) is 0 Å². The normalized spacial score (nSPS) is 11.4. The highest BCUT2D eigenvalue weighted by atomic mass is 35.5. The summed E-state index contributed by atoms with van der Waals surface area (Å²) in [6, 6.07) is 7.36. The molecule has 4 nitrogen and oxygen atoms in total. The zero-order chi connectivity index (χ0) is 11.3. The third-order valence-electron chi connectivity index (χ3n) is 2.29. The van der Waals surface area contributed by atoms with Crippen molar-refractivity contribution in [2.45, 2.75) is 6.42 Å². The van der Waals surface area contributed by atoms with E-state index in [1.165, 1.54) is 0 Å². The van der Waals surface area contributed by atoms with Crippen molar-refractivity contribution in [3.05, 3.63) is 29.8 Å². The van der Waals surface area contributed by atoms with E-state index in [0.29, 0.717) is 12.2 Å². The van der Waals surface area contributed by atoms with Gasteiger partial charge in [0.25, 0.3) is 0 Å². The number of nitrogens with two attached hydrogens (primary N) is 1. The van der Waals surface area contributed by atoms with Gasteiger partial charge >= 0.3 is 5.97 Å². The lowest BCUT2D eigenvalue weighted by Crippen LogP contribution is -2.25. The minimum Gasteiger partial charge on any atom is -0.496 e. The second-order valence-corrected chi connectivity index (χ2v) is 3.29. The standard InChI is InChI=1S/C11H15NO3.ClH/c1-15-10-5-3-2-4-8(10)6-9(7-12)11(13)14;/h2-5,9H,6-7,12H2,1H3,(H,13,14);1H. The Bertz CT molecular complexity index is 344. The van der Waals surface area contributed by atoms with Gasteiger partial charge in [0.1, 0.15) is 5.75 Å². The molecule has 0 fully saturated rings. The molecule has 0 aliphatic carbocycles. The predicted octanol–water partition coefficient (Wildman–Crippen LogP) is 1.32. The molecule has 0 heterocycles. The molecule has 0 saturated carbocycles. The first-order valence-corrected chi connectivity index (χ1v) is 4.73. The number of hydrogen-bond acceptors (Lipinski definition) is 3. The average molecular weight is 246 g/mol. The van der Waals surface area contributed by atoms with Crippen LogP contribution in [0.4, 0.5) is 0 Å². The maximum absolute atomic E-state index is 10.8. The van der Waals surface area contributed by atoms with Crippen LogP contribution in [0.1, 0.15) is 5.56 Å². The van der Waals surface area contributed by atoms with Crippen LogP contribution in [0.25, 0.3) is 0 Å². The van der Waals surface area contributed by atoms with Crippen molar-refractivity contribution in [2.24, 2.45) is 11.7 Å².